The van der Waals surface area contributed by atoms with Gasteiger partial charge in [-0.25, -0.2) is 0 Å². The van der Waals surface area contributed by atoms with Crippen LogP contribution in [0, 0.1) is 6.92 Å². The molecule has 0 unspecified atom stereocenters. The van der Waals surface area contributed by atoms with Crippen molar-refractivity contribution >= 4 is 39.1 Å². The zero-order valence-electron chi connectivity index (χ0n) is 7.30. The zero-order valence-corrected chi connectivity index (χ0v) is 8.88. The second kappa shape index (κ2) is 3.17. The van der Waals surface area contributed by atoms with Crippen LogP contribution in [0.15, 0.2) is 24.8 Å². The summed E-state index contributed by atoms with van der Waals surface area (Å²) in [5, 5.41) is 2.04. The normalized spacial score (nSPS) is 10.6. The van der Waals surface area contributed by atoms with Gasteiger partial charge >= 0.3 is 0 Å². The first-order chi connectivity index (χ1) is 6.22. The Morgan fingerprint density at radius 2 is 2.23 bits per heavy atom. The van der Waals surface area contributed by atoms with Gasteiger partial charge in [-0.3, -0.25) is 0 Å². The first-order valence-electron chi connectivity index (χ1n) is 4.03. The monoisotopic (exact) mass is 208 g/mol. The van der Waals surface area contributed by atoms with Gasteiger partial charge in [-0.1, -0.05) is 24.3 Å². The van der Waals surface area contributed by atoms with E-state index < -0.39 is 0 Å². The van der Waals surface area contributed by atoms with Crippen molar-refractivity contribution in [2.24, 2.45) is 0 Å². The van der Waals surface area contributed by atoms with E-state index in [2.05, 4.69) is 19.6 Å². The number of fused-ring (bicyclic) bond motifs is 1. The summed E-state index contributed by atoms with van der Waals surface area (Å²) in [6.07, 6.45) is 1.90. The summed E-state index contributed by atoms with van der Waals surface area (Å²) in [7, 11) is 0. The molecule has 2 aromatic rings. The number of halogens is 1. The SMILES string of the molecule is C=Cc1sc2ccc(Cl)cc2c1C. The third-order valence-corrected chi connectivity index (χ3v) is 3.62. The van der Waals surface area contributed by atoms with Crippen LogP contribution in [0.3, 0.4) is 0 Å². The topological polar surface area (TPSA) is 0 Å². The highest BCUT2D eigenvalue weighted by atomic mass is 35.5. The summed E-state index contributed by atoms with van der Waals surface area (Å²) in [6.45, 7) is 5.89. The minimum atomic E-state index is 0.795. The predicted molar refractivity (Wildman–Crippen MR) is 61.7 cm³/mol. The van der Waals surface area contributed by atoms with E-state index in [1.165, 1.54) is 20.5 Å². The van der Waals surface area contributed by atoms with Crippen LogP contribution in [-0.4, -0.2) is 0 Å². The largest absolute Gasteiger partial charge is 0.136 e. The van der Waals surface area contributed by atoms with Crippen LogP contribution in [0.4, 0.5) is 0 Å². The Labute approximate surface area is 86.5 Å². The van der Waals surface area contributed by atoms with E-state index >= 15 is 0 Å². The van der Waals surface area contributed by atoms with Crippen LogP contribution < -0.4 is 0 Å². The molecule has 2 rings (SSSR count). The molecule has 0 atom stereocenters. The van der Waals surface area contributed by atoms with Crippen molar-refractivity contribution in [3.8, 4) is 0 Å². The molecule has 1 heterocycles. The van der Waals surface area contributed by atoms with Crippen LogP contribution in [0.25, 0.3) is 16.2 Å². The number of hydrogen-bond donors (Lipinski definition) is 0. The molecule has 1 aromatic carbocycles. The van der Waals surface area contributed by atoms with E-state index in [4.69, 9.17) is 11.6 Å². The van der Waals surface area contributed by atoms with Gasteiger partial charge in [-0.05, 0) is 36.1 Å². The molecule has 0 aliphatic rings. The lowest BCUT2D eigenvalue weighted by Gasteiger charge is -1.92. The summed E-state index contributed by atoms with van der Waals surface area (Å²) in [5.41, 5.74) is 1.28. The molecule has 0 fully saturated rings. The Balaban J connectivity index is 2.84. The van der Waals surface area contributed by atoms with E-state index in [1.54, 1.807) is 11.3 Å². The van der Waals surface area contributed by atoms with Gasteiger partial charge in [0, 0.05) is 14.6 Å². The summed E-state index contributed by atoms with van der Waals surface area (Å²) >= 11 is 7.68. The molecular weight excluding hydrogens is 200 g/mol. The Bertz CT molecular complexity index is 468. The standard InChI is InChI=1S/C11H9ClS/c1-3-10-7(2)9-6-8(12)4-5-11(9)13-10/h3-6H,1H2,2H3. The molecule has 0 spiro atoms. The van der Waals surface area contributed by atoms with Gasteiger partial charge in [0.25, 0.3) is 0 Å². The molecular formula is C11H9ClS. The predicted octanol–water partition coefficient (Wildman–Crippen LogP) is 4.51. The number of benzene rings is 1. The highest BCUT2D eigenvalue weighted by Gasteiger charge is 2.05. The second-order valence-electron chi connectivity index (χ2n) is 2.94. The lowest BCUT2D eigenvalue weighted by atomic mass is 10.1. The summed E-state index contributed by atoms with van der Waals surface area (Å²) in [4.78, 5) is 1.23. The van der Waals surface area contributed by atoms with Gasteiger partial charge in [0.2, 0.25) is 0 Å². The van der Waals surface area contributed by atoms with Gasteiger partial charge in [-0.15, -0.1) is 11.3 Å². The van der Waals surface area contributed by atoms with Gasteiger partial charge in [-0.2, -0.15) is 0 Å². The average molecular weight is 209 g/mol. The second-order valence-corrected chi connectivity index (χ2v) is 4.46. The smallest absolute Gasteiger partial charge is 0.0413 e. The highest BCUT2D eigenvalue weighted by molar-refractivity contribution is 7.20. The van der Waals surface area contributed by atoms with E-state index in [0.29, 0.717) is 0 Å². The lowest BCUT2D eigenvalue weighted by molar-refractivity contribution is 1.58. The van der Waals surface area contributed by atoms with Crippen molar-refractivity contribution in [3.05, 3.63) is 40.2 Å². The van der Waals surface area contributed by atoms with Crippen molar-refractivity contribution in [1.82, 2.24) is 0 Å². The maximum Gasteiger partial charge on any atom is 0.0413 e. The molecule has 0 N–H and O–H groups in total. The summed E-state index contributed by atoms with van der Waals surface area (Å²) in [6, 6.07) is 5.99. The fraction of sp³-hybridized carbons (Fsp3) is 0.0909. The first-order valence-corrected chi connectivity index (χ1v) is 5.23. The number of thiophene rings is 1. The minimum absolute atomic E-state index is 0.795. The van der Waals surface area contributed by atoms with Crippen molar-refractivity contribution in [2.75, 3.05) is 0 Å². The molecule has 0 nitrogen and oxygen atoms in total. The first kappa shape index (κ1) is 8.79. The van der Waals surface area contributed by atoms with E-state index in [1.807, 2.05) is 18.2 Å². The molecule has 13 heavy (non-hydrogen) atoms. The van der Waals surface area contributed by atoms with Crippen molar-refractivity contribution in [2.45, 2.75) is 6.92 Å². The average Bonchev–Trinajstić information content (AvgIpc) is 2.44. The molecule has 2 heteroatoms. The molecule has 0 aliphatic carbocycles. The van der Waals surface area contributed by atoms with Crippen LogP contribution in [0.5, 0.6) is 0 Å². The highest BCUT2D eigenvalue weighted by Crippen LogP contribution is 2.32. The van der Waals surface area contributed by atoms with Gasteiger partial charge in [0.05, 0.1) is 0 Å². The van der Waals surface area contributed by atoms with Crippen LogP contribution >= 0.6 is 22.9 Å². The van der Waals surface area contributed by atoms with Crippen molar-refractivity contribution in [1.29, 1.82) is 0 Å². The molecule has 0 amide bonds. The number of rotatable bonds is 1. The van der Waals surface area contributed by atoms with E-state index in [0.717, 1.165) is 5.02 Å². The Hall–Kier alpha value is -0.790. The maximum absolute atomic E-state index is 5.92. The third-order valence-electron chi connectivity index (χ3n) is 2.12. The molecule has 0 radical (unpaired) electrons. The fourth-order valence-electron chi connectivity index (χ4n) is 1.41. The summed E-state index contributed by atoms with van der Waals surface area (Å²) < 4.78 is 1.27. The van der Waals surface area contributed by atoms with Gasteiger partial charge in [0.15, 0.2) is 0 Å². The molecule has 0 saturated carbocycles. The third kappa shape index (κ3) is 1.38. The van der Waals surface area contributed by atoms with Crippen LogP contribution in [0.1, 0.15) is 10.4 Å². The van der Waals surface area contributed by atoms with Crippen molar-refractivity contribution < 1.29 is 0 Å². The fourth-order valence-corrected chi connectivity index (χ4v) is 2.62. The maximum atomic E-state index is 5.92. The number of hydrogen-bond acceptors (Lipinski definition) is 1. The Morgan fingerprint density at radius 1 is 1.46 bits per heavy atom. The van der Waals surface area contributed by atoms with Gasteiger partial charge < -0.3 is 0 Å². The van der Waals surface area contributed by atoms with E-state index in [9.17, 15) is 0 Å². The zero-order chi connectivity index (χ0) is 9.42. The molecule has 0 bridgehead atoms. The van der Waals surface area contributed by atoms with Crippen LogP contribution in [-0.2, 0) is 0 Å². The Morgan fingerprint density at radius 3 is 2.92 bits per heavy atom. The Kier molecular flexibility index (Phi) is 2.14. The quantitative estimate of drug-likeness (QED) is 0.647. The van der Waals surface area contributed by atoms with E-state index in [-0.39, 0.29) is 0 Å². The van der Waals surface area contributed by atoms with Crippen LogP contribution in [0.2, 0.25) is 5.02 Å². The number of aryl methyl sites for hydroxylation is 1. The van der Waals surface area contributed by atoms with Gasteiger partial charge in [0.1, 0.15) is 0 Å². The summed E-state index contributed by atoms with van der Waals surface area (Å²) in [5.74, 6) is 0. The van der Waals surface area contributed by atoms with Crippen molar-refractivity contribution in [3.63, 3.8) is 0 Å². The molecule has 0 saturated heterocycles. The molecule has 66 valence electrons. The minimum Gasteiger partial charge on any atom is -0.136 e. The molecule has 0 aliphatic heterocycles. The molecule has 1 aromatic heterocycles. The lowest BCUT2D eigenvalue weighted by Crippen LogP contribution is -1.70.